The Bertz CT molecular complexity index is 454. The number of benzene rings is 1. The van der Waals surface area contributed by atoms with Crippen LogP contribution in [-0.2, 0) is 6.54 Å². The van der Waals surface area contributed by atoms with Crippen molar-refractivity contribution >= 4 is 15.9 Å². The molecule has 1 saturated heterocycles. The zero-order valence-corrected chi connectivity index (χ0v) is 14.8. The minimum atomic E-state index is 0.957. The zero-order chi connectivity index (χ0) is 14.7. The molecule has 2 N–H and O–H groups in total. The average molecular weight is 353 g/mol. The summed E-state index contributed by atoms with van der Waals surface area (Å²) >= 11 is 3.69. The van der Waals surface area contributed by atoms with Gasteiger partial charge in [-0.05, 0) is 24.8 Å². The van der Waals surface area contributed by atoms with Gasteiger partial charge < -0.3 is 9.80 Å². The molecule has 0 radical (unpaired) electrons. The zero-order valence-electron chi connectivity index (χ0n) is 13.2. The van der Waals surface area contributed by atoms with Crippen LogP contribution in [0.15, 0.2) is 28.7 Å². The second-order valence-electron chi connectivity index (χ2n) is 7.15. The first-order chi connectivity index (χ1) is 10.2. The number of quaternary nitrogens is 2. The molecule has 0 spiro atoms. The first kappa shape index (κ1) is 15.5. The quantitative estimate of drug-likeness (QED) is 0.811. The van der Waals surface area contributed by atoms with E-state index in [2.05, 4.69) is 47.1 Å². The van der Waals surface area contributed by atoms with Gasteiger partial charge in [-0.25, -0.2) is 0 Å². The van der Waals surface area contributed by atoms with Crippen molar-refractivity contribution in [2.24, 2.45) is 5.92 Å². The summed E-state index contributed by atoms with van der Waals surface area (Å²) in [5, 5.41) is 0. The molecule has 0 unspecified atom stereocenters. The van der Waals surface area contributed by atoms with Crippen molar-refractivity contribution in [3.05, 3.63) is 34.3 Å². The van der Waals surface area contributed by atoms with Gasteiger partial charge in [-0.15, -0.1) is 0 Å². The van der Waals surface area contributed by atoms with E-state index in [1.54, 1.807) is 4.90 Å². The molecule has 2 aliphatic rings. The van der Waals surface area contributed by atoms with Crippen LogP contribution in [0.25, 0.3) is 0 Å². The fraction of sp³-hybridized carbons (Fsp3) is 0.667. The van der Waals surface area contributed by atoms with E-state index in [1.807, 2.05) is 4.90 Å². The standard InChI is InChI=1S/C18H27BrN2/c1-15-5-4-7-17(13-15)21-11-9-20(10-12-21)14-16-6-2-3-8-18(16)19/h2-3,6,8,15,17H,4-5,7,9-14H2,1H3/p+2/t15-,17-/m1/s1. The topological polar surface area (TPSA) is 8.88 Å². The van der Waals surface area contributed by atoms with Crippen LogP contribution in [0, 0.1) is 5.92 Å². The van der Waals surface area contributed by atoms with Gasteiger partial charge in [0, 0.05) is 16.5 Å². The summed E-state index contributed by atoms with van der Waals surface area (Å²) in [5.41, 5.74) is 1.46. The molecule has 21 heavy (non-hydrogen) atoms. The molecule has 0 aromatic heterocycles. The van der Waals surface area contributed by atoms with Gasteiger partial charge in [0.25, 0.3) is 0 Å². The van der Waals surface area contributed by atoms with E-state index in [0.717, 1.165) is 12.0 Å². The fourth-order valence-corrected chi connectivity index (χ4v) is 4.65. The van der Waals surface area contributed by atoms with Gasteiger partial charge in [0.15, 0.2) is 0 Å². The number of piperazine rings is 1. The largest absolute Gasteiger partial charge is 0.323 e. The monoisotopic (exact) mass is 352 g/mol. The smallest absolute Gasteiger partial charge is 0.127 e. The summed E-state index contributed by atoms with van der Waals surface area (Å²) in [6, 6.07) is 9.65. The summed E-state index contributed by atoms with van der Waals surface area (Å²) < 4.78 is 1.27. The highest BCUT2D eigenvalue weighted by Crippen LogP contribution is 2.21. The number of hydrogen-bond donors (Lipinski definition) is 2. The minimum Gasteiger partial charge on any atom is -0.323 e. The van der Waals surface area contributed by atoms with E-state index in [0.29, 0.717) is 0 Å². The van der Waals surface area contributed by atoms with Crippen LogP contribution in [0.3, 0.4) is 0 Å². The summed E-state index contributed by atoms with van der Waals surface area (Å²) in [4.78, 5) is 3.66. The maximum Gasteiger partial charge on any atom is 0.127 e. The van der Waals surface area contributed by atoms with Crippen LogP contribution in [0.1, 0.15) is 38.2 Å². The lowest BCUT2D eigenvalue weighted by atomic mass is 9.86. The van der Waals surface area contributed by atoms with Crippen molar-refractivity contribution < 1.29 is 9.80 Å². The second kappa shape index (κ2) is 7.26. The summed E-state index contributed by atoms with van der Waals surface area (Å²) in [7, 11) is 0. The van der Waals surface area contributed by atoms with E-state index in [9.17, 15) is 0 Å². The normalized spacial score (nSPS) is 33.8. The van der Waals surface area contributed by atoms with Crippen molar-refractivity contribution in [2.75, 3.05) is 26.2 Å². The van der Waals surface area contributed by atoms with Crippen molar-refractivity contribution in [2.45, 2.75) is 45.2 Å². The highest BCUT2D eigenvalue weighted by molar-refractivity contribution is 9.10. The summed E-state index contributed by atoms with van der Waals surface area (Å²) in [6.45, 7) is 9.03. The number of halogens is 1. The molecule has 1 aliphatic carbocycles. The lowest BCUT2D eigenvalue weighted by Gasteiger charge is -2.37. The molecule has 2 nitrogen and oxygen atoms in total. The number of rotatable bonds is 3. The van der Waals surface area contributed by atoms with Crippen molar-refractivity contribution in [3.8, 4) is 0 Å². The average Bonchev–Trinajstić information content (AvgIpc) is 2.50. The van der Waals surface area contributed by atoms with E-state index in [1.165, 1.54) is 68.4 Å². The Kier molecular flexibility index (Phi) is 5.36. The second-order valence-corrected chi connectivity index (χ2v) is 8.00. The Balaban J connectivity index is 1.50. The Morgan fingerprint density at radius 2 is 1.86 bits per heavy atom. The van der Waals surface area contributed by atoms with Crippen LogP contribution in [0.4, 0.5) is 0 Å². The maximum atomic E-state index is 3.69. The molecule has 1 saturated carbocycles. The van der Waals surface area contributed by atoms with Crippen molar-refractivity contribution in [1.82, 2.24) is 0 Å². The lowest BCUT2D eigenvalue weighted by molar-refractivity contribution is -1.03. The Morgan fingerprint density at radius 3 is 2.57 bits per heavy atom. The molecular formula is C18H29BrN2+2. The third kappa shape index (κ3) is 4.08. The van der Waals surface area contributed by atoms with Gasteiger partial charge in [-0.2, -0.15) is 0 Å². The van der Waals surface area contributed by atoms with Crippen LogP contribution >= 0.6 is 15.9 Å². The van der Waals surface area contributed by atoms with Crippen LogP contribution in [-0.4, -0.2) is 32.2 Å². The molecule has 3 rings (SSSR count). The molecule has 1 aromatic carbocycles. The molecule has 1 aromatic rings. The number of hydrogen-bond acceptors (Lipinski definition) is 0. The third-order valence-corrected chi connectivity index (χ3v) is 6.28. The molecule has 1 aliphatic heterocycles. The minimum absolute atomic E-state index is 0.957. The van der Waals surface area contributed by atoms with E-state index in [4.69, 9.17) is 0 Å². The molecule has 0 amide bonds. The van der Waals surface area contributed by atoms with Crippen LogP contribution < -0.4 is 9.80 Å². The lowest BCUT2D eigenvalue weighted by Crippen LogP contribution is -3.29. The first-order valence-electron chi connectivity index (χ1n) is 8.64. The van der Waals surface area contributed by atoms with Gasteiger partial charge in [-0.1, -0.05) is 47.5 Å². The maximum absolute atomic E-state index is 3.69. The van der Waals surface area contributed by atoms with Gasteiger partial charge in [0.1, 0.15) is 32.7 Å². The predicted octanol–water partition coefficient (Wildman–Crippen LogP) is 1.31. The molecule has 3 heteroatoms. The first-order valence-corrected chi connectivity index (χ1v) is 9.43. The molecule has 0 bridgehead atoms. The third-order valence-electron chi connectivity index (χ3n) is 5.51. The van der Waals surface area contributed by atoms with Gasteiger partial charge in [0.05, 0.1) is 6.04 Å². The van der Waals surface area contributed by atoms with E-state index >= 15 is 0 Å². The highest BCUT2D eigenvalue weighted by atomic mass is 79.9. The molecule has 1 heterocycles. The molecule has 2 fully saturated rings. The van der Waals surface area contributed by atoms with Gasteiger partial charge in [0.2, 0.25) is 0 Å². The van der Waals surface area contributed by atoms with Crippen molar-refractivity contribution in [3.63, 3.8) is 0 Å². The fourth-order valence-electron chi connectivity index (χ4n) is 4.23. The summed E-state index contributed by atoms with van der Waals surface area (Å²) in [6.07, 6.45) is 5.86. The van der Waals surface area contributed by atoms with Crippen LogP contribution in [0.2, 0.25) is 0 Å². The van der Waals surface area contributed by atoms with E-state index in [-0.39, 0.29) is 0 Å². The number of nitrogens with one attached hydrogen (secondary N) is 2. The Labute approximate surface area is 137 Å². The van der Waals surface area contributed by atoms with Gasteiger partial charge in [-0.3, -0.25) is 0 Å². The van der Waals surface area contributed by atoms with Crippen LogP contribution in [0.5, 0.6) is 0 Å². The van der Waals surface area contributed by atoms with Crippen molar-refractivity contribution in [1.29, 1.82) is 0 Å². The Morgan fingerprint density at radius 1 is 1.10 bits per heavy atom. The van der Waals surface area contributed by atoms with Gasteiger partial charge >= 0.3 is 0 Å². The predicted molar refractivity (Wildman–Crippen MR) is 90.7 cm³/mol. The van der Waals surface area contributed by atoms with E-state index < -0.39 is 0 Å². The Hall–Kier alpha value is -0.380. The highest BCUT2D eigenvalue weighted by Gasteiger charge is 2.32. The molecule has 2 atom stereocenters. The molecule has 116 valence electrons. The SMILES string of the molecule is C[C@@H]1CCC[C@@H]([NH+]2CC[NH+](Cc3ccccc3Br)CC2)C1. The molecular weight excluding hydrogens is 324 g/mol. The summed E-state index contributed by atoms with van der Waals surface area (Å²) in [5.74, 6) is 0.960.